The number of para-hydroxylation sites is 1. The first-order valence-corrected chi connectivity index (χ1v) is 7.49. The van der Waals surface area contributed by atoms with Crippen molar-refractivity contribution in [2.75, 3.05) is 25.3 Å². The fraction of sp³-hybridized carbons (Fsp3) is 0.562. The summed E-state index contributed by atoms with van der Waals surface area (Å²) in [5.41, 5.74) is 3.74. The molecule has 0 bridgehead atoms. The van der Waals surface area contributed by atoms with E-state index in [4.69, 9.17) is 9.47 Å². The number of rotatable bonds is 6. The summed E-state index contributed by atoms with van der Waals surface area (Å²) in [6, 6.07) is 9.66. The Balaban J connectivity index is 1.74. The molecule has 2 atom stereocenters. The van der Waals surface area contributed by atoms with Crippen molar-refractivity contribution in [2.45, 2.75) is 38.4 Å². The van der Waals surface area contributed by atoms with Gasteiger partial charge in [0.05, 0.1) is 18.4 Å². The molecule has 0 aliphatic carbocycles. The zero-order chi connectivity index (χ0) is 15.1. The molecule has 0 radical (unpaired) electrons. The highest BCUT2D eigenvalue weighted by Crippen LogP contribution is 2.13. The highest BCUT2D eigenvalue weighted by atomic mass is 16.5. The maximum atomic E-state index is 12.1. The fourth-order valence-electron chi connectivity index (χ4n) is 2.24. The van der Waals surface area contributed by atoms with Crippen LogP contribution in [0.3, 0.4) is 0 Å². The van der Waals surface area contributed by atoms with Gasteiger partial charge >= 0.3 is 0 Å². The fourth-order valence-corrected chi connectivity index (χ4v) is 2.24. The van der Waals surface area contributed by atoms with Crippen LogP contribution in [0.4, 0.5) is 5.69 Å². The molecule has 0 spiro atoms. The minimum Gasteiger partial charge on any atom is -0.376 e. The van der Waals surface area contributed by atoms with Gasteiger partial charge in [-0.3, -0.25) is 15.2 Å². The highest BCUT2D eigenvalue weighted by Gasteiger charge is 2.19. The Hall–Kier alpha value is -1.59. The molecule has 1 aromatic rings. The molecule has 0 aromatic heterocycles. The van der Waals surface area contributed by atoms with Crippen molar-refractivity contribution in [1.29, 1.82) is 0 Å². The third kappa shape index (κ3) is 5.02. The highest BCUT2D eigenvalue weighted by molar-refractivity contribution is 5.81. The molecule has 2 rings (SSSR count). The molecule has 1 aliphatic heterocycles. The first kappa shape index (κ1) is 15.8. The van der Waals surface area contributed by atoms with Gasteiger partial charge in [-0.05, 0) is 38.3 Å². The lowest BCUT2D eigenvalue weighted by Gasteiger charge is -2.25. The summed E-state index contributed by atoms with van der Waals surface area (Å²) in [5.74, 6) is -0.155. The van der Waals surface area contributed by atoms with E-state index in [-0.39, 0.29) is 12.0 Å². The molecule has 5 nitrogen and oxygen atoms in total. The lowest BCUT2D eigenvalue weighted by Crippen LogP contribution is -2.45. The van der Waals surface area contributed by atoms with E-state index < -0.39 is 6.10 Å². The minimum absolute atomic E-state index is 0.126. The number of hydrazine groups is 1. The molecule has 116 valence electrons. The van der Waals surface area contributed by atoms with Gasteiger partial charge in [0.15, 0.2) is 0 Å². The van der Waals surface area contributed by atoms with Gasteiger partial charge in [-0.2, -0.15) is 0 Å². The summed E-state index contributed by atoms with van der Waals surface area (Å²) in [6.45, 7) is 3.03. The Labute approximate surface area is 126 Å². The van der Waals surface area contributed by atoms with Gasteiger partial charge in [0.25, 0.3) is 5.91 Å². The number of hydrogen-bond acceptors (Lipinski definition) is 4. The first-order valence-electron chi connectivity index (χ1n) is 7.49. The van der Waals surface area contributed by atoms with Crippen LogP contribution in [0, 0.1) is 0 Å². The SMILES string of the molecule is C[C@H](OC[C@@H]1CCCCO1)C(=O)NN(C)c1ccccc1. The molecule has 5 heteroatoms. The van der Waals surface area contributed by atoms with E-state index in [2.05, 4.69) is 5.43 Å². The summed E-state index contributed by atoms with van der Waals surface area (Å²) < 4.78 is 11.2. The molecule has 0 saturated carbocycles. The molecule has 1 saturated heterocycles. The topological polar surface area (TPSA) is 50.8 Å². The van der Waals surface area contributed by atoms with Crippen LogP contribution >= 0.6 is 0 Å². The molecule has 1 aromatic carbocycles. The van der Waals surface area contributed by atoms with E-state index in [1.54, 1.807) is 11.9 Å². The van der Waals surface area contributed by atoms with Crippen molar-refractivity contribution in [2.24, 2.45) is 0 Å². The molecular formula is C16H24N2O3. The molecule has 1 fully saturated rings. The lowest BCUT2D eigenvalue weighted by atomic mass is 10.1. The van der Waals surface area contributed by atoms with Gasteiger partial charge in [-0.15, -0.1) is 0 Å². The van der Waals surface area contributed by atoms with Crippen molar-refractivity contribution in [3.8, 4) is 0 Å². The minimum atomic E-state index is -0.498. The quantitative estimate of drug-likeness (QED) is 0.816. The van der Waals surface area contributed by atoms with E-state index in [0.29, 0.717) is 6.61 Å². The van der Waals surface area contributed by atoms with Crippen molar-refractivity contribution in [1.82, 2.24) is 5.43 Å². The number of nitrogens with zero attached hydrogens (tertiary/aromatic N) is 1. The molecule has 1 aliphatic rings. The van der Waals surface area contributed by atoms with Crippen LogP contribution in [0.15, 0.2) is 30.3 Å². The molecule has 21 heavy (non-hydrogen) atoms. The summed E-state index contributed by atoms with van der Waals surface area (Å²) in [6.07, 6.45) is 2.93. The van der Waals surface area contributed by atoms with Crippen molar-refractivity contribution in [3.05, 3.63) is 30.3 Å². The largest absolute Gasteiger partial charge is 0.376 e. The van der Waals surface area contributed by atoms with Crippen LogP contribution in [0.2, 0.25) is 0 Å². The van der Waals surface area contributed by atoms with Gasteiger partial charge in [-0.1, -0.05) is 18.2 Å². The first-order chi connectivity index (χ1) is 10.2. The van der Waals surface area contributed by atoms with Crippen LogP contribution in [-0.4, -0.2) is 38.4 Å². The third-order valence-corrected chi connectivity index (χ3v) is 3.60. The predicted octanol–water partition coefficient (Wildman–Crippen LogP) is 2.13. The molecule has 1 amide bonds. The Bertz CT molecular complexity index is 432. The maximum Gasteiger partial charge on any atom is 0.267 e. The number of ether oxygens (including phenoxy) is 2. The van der Waals surface area contributed by atoms with Crippen molar-refractivity contribution in [3.63, 3.8) is 0 Å². The molecule has 1 N–H and O–H groups in total. The third-order valence-electron chi connectivity index (χ3n) is 3.60. The van der Waals surface area contributed by atoms with Gasteiger partial charge in [-0.25, -0.2) is 0 Å². The number of amides is 1. The molecular weight excluding hydrogens is 268 g/mol. The van der Waals surface area contributed by atoms with Gasteiger partial charge in [0.1, 0.15) is 6.10 Å². The van der Waals surface area contributed by atoms with Crippen molar-refractivity contribution >= 4 is 11.6 Å². The maximum absolute atomic E-state index is 12.1. The lowest BCUT2D eigenvalue weighted by molar-refractivity contribution is -0.135. The van der Waals surface area contributed by atoms with Crippen LogP contribution in [-0.2, 0) is 14.3 Å². The number of nitrogens with one attached hydrogen (secondary N) is 1. The Morgan fingerprint density at radius 2 is 2.19 bits per heavy atom. The number of carbonyl (C=O) groups excluding carboxylic acids is 1. The van der Waals surface area contributed by atoms with E-state index >= 15 is 0 Å². The zero-order valence-electron chi connectivity index (χ0n) is 12.7. The van der Waals surface area contributed by atoms with Gasteiger partial charge in [0, 0.05) is 13.7 Å². The van der Waals surface area contributed by atoms with Crippen LogP contribution < -0.4 is 10.4 Å². The predicted molar refractivity (Wildman–Crippen MR) is 82.0 cm³/mol. The van der Waals surface area contributed by atoms with Gasteiger partial charge < -0.3 is 9.47 Å². The van der Waals surface area contributed by atoms with Crippen molar-refractivity contribution < 1.29 is 14.3 Å². The average molecular weight is 292 g/mol. The summed E-state index contributed by atoms with van der Waals surface area (Å²) in [4.78, 5) is 12.1. The second-order valence-corrected chi connectivity index (χ2v) is 5.33. The normalized spacial score (nSPS) is 19.8. The Morgan fingerprint density at radius 3 is 2.86 bits per heavy atom. The Kier molecular flexibility index (Phi) is 6.02. The summed E-state index contributed by atoms with van der Waals surface area (Å²) in [7, 11) is 1.81. The smallest absolute Gasteiger partial charge is 0.267 e. The number of anilines is 1. The molecule has 1 heterocycles. The van der Waals surface area contributed by atoms with Crippen LogP contribution in [0.5, 0.6) is 0 Å². The summed E-state index contributed by atoms with van der Waals surface area (Å²) in [5, 5.41) is 1.69. The van der Waals surface area contributed by atoms with Crippen LogP contribution in [0.1, 0.15) is 26.2 Å². The number of hydrogen-bond donors (Lipinski definition) is 1. The second-order valence-electron chi connectivity index (χ2n) is 5.33. The average Bonchev–Trinajstić information content (AvgIpc) is 2.54. The second kappa shape index (κ2) is 8.00. The van der Waals surface area contributed by atoms with E-state index in [1.165, 1.54) is 6.42 Å². The summed E-state index contributed by atoms with van der Waals surface area (Å²) >= 11 is 0. The van der Waals surface area contributed by atoms with E-state index in [9.17, 15) is 4.79 Å². The van der Waals surface area contributed by atoms with Crippen LogP contribution in [0.25, 0.3) is 0 Å². The standard InChI is InChI=1S/C16H24N2O3/c1-13(21-12-15-10-6-7-11-20-15)16(19)17-18(2)14-8-4-3-5-9-14/h3-5,8-9,13,15H,6-7,10-12H2,1-2H3,(H,17,19)/t13-,15-/m0/s1. The van der Waals surface area contributed by atoms with E-state index in [1.807, 2.05) is 37.4 Å². The van der Waals surface area contributed by atoms with E-state index in [0.717, 1.165) is 25.1 Å². The molecule has 0 unspecified atom stereocenters. The monoisotopic (exact) mass is 292 g/mol. The Morgan fingerprint density at radius 1 is 1.43 bits per heavy atom. The zero-order valence-corrected chi connectivity index (χ0v) is 12.7. The van der Waals surface area contributed by atoms with Gasteiger partial charge in [0.2, 0.25) is 0 Å². The number of carbonyl (C=O) groups is 1. The number of benzene rings is 1.